The first-order valence-electron chi connectivity index (χ1n) is 4.22. The summed E-state index contributed by atoms with van der Waals surface area (Å²) in [7, 11) is 0. The van der Waals surface area contributed by atoms with E-state index in [1.54, 1.807) is 0 Å². The van der Waals surface area contributed by atoms with Crippen molar-refractivity contribution >= 4 is 0 Å². The van der Waals surface area contributed by atoms with Crippen LogP contribution in [0.2, 0.25) is 0 Å². The lowest BCUT2D eigenvalue weighted by Gasteiger charge is -2.21. The minimum Gasteiger partial charge on any atom is -0.393 e. The SMILES string of the molecule is OC1CCC(O)CC(O)CC1. The Labute approximate surface area is 66.7 Å². The standard InChI is InChI=1S/C8H16O3/c9-6-1-3-7(10)5-8(11)4-2-6/h6-11H,1-5H2. The first kappa shape index (κ1) is 8.97. The van der Waals surface area contributed by atoms with Gasteiger partial charge in [-0.2, -0.15) is 0 Å². The summed E-state index contributed by atoms with van der Waals surface area (Å²) in [5.74, 6) is 0. The van der Waals surface area contributed by atoms with Gasteiger partial charge in [-0.3, -0.25) is 0 Å². The molecule has 0 bridgehead atoms. The summed E-state index contributed by atoms with van der Waals surface area (Å²) < 4.78 is 0. The van der Waals surface area contributed by atoms with Crippen molar-refractivity contribution in [2.75, 3.05) is 0 Å². The number of hydrogen-bond acceptors (Lipinski definition) is 3. The third kappa shape index (κ3) is 3.18. The molecule has 0 aromatic carbocycles. The van der Waals surface area contributed by atoms with Crippen LogP contribution in [0.25, 0.3) is 0 Å². The molecule has 0 aromatic heterocycles. The van der Waals surface area contributed by atoms with Gasteiger partial charge in [0.2, 0.25) is 0 Å². The van der Waals surface area contributed by atoms with Crippen LogP contribution in [0, 0.1) is 0 Å². The minimum absolute atomic E-state index is 0.334. The zero-order valence-electron chi connectivity index (χ0n) is 6.61. The second kappa shape index (κ2) is 4.04. The highest BCUT2D eigenvalue weighted by Crippen LogP contribution is 2.17. The van der Waals surface area contributed by atoms with E-state index in [0.717, 1.165) is 0 Å². The third-order valence-electron chi connectivity index (χ3n) is 2.21. The van der Waals surface area contributed by atoms with Gasteiger partial charge in [-0.15, -0.1) is 0 Å². The maximum atomic E-state index is 9.23. The molecule has 3 N–H and O–H groups in total. The van der Waals surface area contributed by atoms with Gasteiger partial charge in [0.15, 0.2) is 0 Å². The van der Waals surface area contributed by atoms with Crippen LogP contribution >= 0.6 is 0 Å². The number of aliphatic hydroxyl groups excluding tert-OH is 3. The molecule has 0 heterocycles. The second-order valence-electron chi connectivity index (χ2n) is 3.35. The number of rotatable bonds is 0. The monoisotopic (exact) mass is 160 g/mol. The summed E-state index contributed by atoms with van der Waals surface area (Å²) in [6, 6.07) is 0. The topological polar surface area (TPSA) is 60.7 Å². The van der Waals surface area contributed by atoms with Crippen molar-refractivity contribution in [3.8, 4) is 0 Å². The molecular formula is C8H16O3. The maximum Gasteiger partial charge on any atom is 0.0565 e. The molecule has 0 aliphatic heterocycles. The summed E-state index contributed by atoms with van der Waals surface area (Å²) in [4.78, 5) is 0. The Morgan fingerprint density at radius 3 is 1.45 bits per heavy atom. The molecule has 1 saturated carbocycles. The summed E-state index contributed by atoms with van der Waals surface area (Å²) in [6.45, 7) is 0. The lowest BCUT2D eigenvalue weighted by molar-refractivity contribution is 0.0283. The van der Waals surface area contributed by atoms with Gasteiger partial charge in [-0.05, 0) is 32.1 Å². The van der Waals surface area contributed by atoms with E-state index >= 15 is 0 Å². The van der Waals surface area contributed by atoms with Crippen LogP contribution in [-0.4, -0.2) is 33.6 Å². The molecule has 0 radical (unpaired) electrons. The molecule has 2 atom stereocenters. The molecule has 66 valence electrons. The normalized spacial score (nSPS) is 41.2. The van der Waals surface area contributed by atoms with Crippen LogP contribution in [0.4, 0.5) is 0 Å². The van der Waals surface area contributed by atoms with E-state index in [1.165, 1.54) is 0 Å². The zero-order valence-corrected chi connectivity index (χ0v) is 6.61. The second-order valence-corrected chi connectivity index (χ2v) is 3.35. The Bertz CT molecular complexity index is 104. The fraction of sp³-hybridized carbons (Fsp3) is 1.00. The fourth-order valence-electron chi connectivity index (χ4n) is 1.46. The number of hydrogen-bond donors (Lipinski definition) is 3. The molecular weight excluding hydrogens is 144 g/mol. The quantitative estimate of drug-likeness (QED) is 0.468. The molecule has 1 fully saturated rings. The lowest BCUT2D eigenvalue weighted by Crippen LogP contribution is -2.24. The van der Waals surface area contributed by atoms with Crippen LogP contribution in [0.15, 0.2) is 0 Å². The average Bonchev–Trinajstić information content (AvgIpc) is 1.95. The maximum absolute atomic E-state index is 9.23. The molecule has 3 heteroatoms. The molecule has 1 aliphatic rings. The van der Waals surface area contributed by atoms with E-state index in [2.05, 4.69) is 0 Å². The Kier molecular flexibility index (Phi) is 3.30. The Balaban J connectivity index is 2.34. The molecule has 0 aromatic rings. The van der Waals surface area contributed by atoms with Gasteiger partial charge in [-0.1, -0.05) is 0 Å². The van der Waals surface area contributed by atoms with Gasteiger partial charge < -0.3 is 15.3 Å². The Hall–Kier alpha value is -0.120. The Morgan fingerprint density at radius 1 is 0.636 bits per heavy atom. The van der Waals surface area contributed by atoms with Crippen molar-refractivity contribution < 1.29 is 15.3 Å². The average molecular weight is 160 g/mol. The van der Waals surface area contributed by atoms with Crippen LogP contribution in [0.5, 0.6) is 0 Å². The highest BCUT2D eigenvalue weighted by atomic mass is 16.3. The van der Waals surface area contributed by atoms with Crippen LogP contribution < -0.4 is 0 Å². The third-order valence-corrected chi connectivity index (χ3v) is 2.21. The van der Waals surface area contributed by atoms with Gasteiger partial charge in [0.25, 0.3) is 0 Å². The molecule has 1 aliphatic carbocycles. The van der Waals surface area contributed by atoms with E-state index in [0.29, 0.717) is 32.1 Å². The zero-order chi connectivity index (χ0) is 8.27. The largest absolute Gasteiger partial charge is 0.393 e. The number of aliphatic hydroxyl groups is 3. The summed E-state index contributed by atoms with van der Waals surface area (Å²) in [6.07, 6.45) is 1.81. The molecule has 11 heavy (non-hydrogen) atoms. The van der Waals surface area contributed by atoms with Gasteiger partial charge in [0.05, 0.1) is 18.3 Å². The van der Waals surface area contributed by atoms with Gasteiger partial charge >= 0.3 is 0 Å². The highest BCUT2D eigenvalue weighted by molar-refractivity contribution is 4.71. The van der Waals surface area contributed by atoms with Crippen molar-refractivity contribution in [1.29, 1.82) is 0 Å². The van der Waals surface area contributed by atoms with E-state index in [1.807, 2.05) is 0 Å². The fourth-order valence-corrected chi connectivity index (χ4v) is 1.46. The van der Waals surface area contributed by atoms with Crippen molar-refractivity contribution in [1.82, 2.24) is 0 Å². The van der Waals surface area contributed by atoms with Crippen LogP contribution in [-0.2, 0) is 0 Å². The molecule has 2 unspecified atom stereocenters. The molecule has 3 nitrogen and oxygen atoms in total. The van der Waals surface area contributed by atoms with E-state index in [9.17, 15) is 15.3 Å². The summed E-state index contributed by atoms with van der Waals surface area (Å²) >= 11 is 0. The molecule has 0 amide bonds. The van der Waals surface area contributed by atoms with Crippen molar-refractivity contribution in [3.05, 3.63) is 0 Å². The highest BCUT2D eigenvalue weighted by Gasteiger charge is 2.18. The first-order valence-corrected chi connectivity index (χ1v) is 4.22. The van der Waals surface area contributed by atoms with E-state index < -0.39 is 12.2 Å². The lowest BCUT2D eigenvalue weighted by atomic mass is 9.95. The molecule has 0 spiro atoms. The van der Waals surface area contributed by atoms with Crippen LogP contribution in [0.3, 0.4) is 0 Å². The predicted molar refractivity (Wildman–Crippen MR) is 41.1 cm³/mol. The van der Waals surface area contributed by atoms with Gasteiger partial charge in [-0.25, -0.2) is 0 Å². The smallest absolute Gasteiger partial charge is 0.0565 e. The predicted octanol–water partition coefficient (Wildman–Crippen LogP) is 0.0332. The Morgan fingerprint density at radius 2 is 1.00 bits per heavy atom. The summed E-state index contributed by atoms with van der Waals surface area (Å²) in [5, 5.41) is 27.7. The van der Waals surface area contributed by atoms with Crippen molar-refractivity contribution in [2.45, 2.75) is 50.4 Å². The molecule has 1 rings (SSSR count). The van der Waals surface area contributed by atoms with E-state index in [-0.39, 0.29) is 6.10 Å². The van der Waals surface area contributed by atoms with E-state index in [4.69, 9.17) is 0 Å². The van der Waals surface area contributed by atoms with Crippen LogP contribution in [0.1, 0.15) is 32.1 Å². The first-order chi connectivity index (χ1) is 5.18. The van der Waals surface area contributed by atoms with Gasteiger partial charge in [0, 0.05) is 0 Å². The minimum atomic E-state index is -0.431. The van der Waals surface area contributed by atoms with Gasteiger partial charge in [0.1, 0.15) is 0 Å². The molecule has 0 saturated heterocycles. The van der Waals surface area contributed by atoms with Crippen molar-refractivity contribution in [3.63, 3.8) is 0 Å². The summed E-state index contributed by atoms with van der Waals surface area (Å²) in [5.41, 5.74) is 0. The van der Waals surface area contributed by atoms with Crippen molar-refractivity contribution in [2.24, 2.45) is 0 Å².